The van der Waals surface area contributed by atoms with Gasteiger partial charge in [0.2, 0.25) is 5.75 Å². The molecule has 0 amide bonds. The van der Waals surface area contributed by atoms with E-state index in [4.69, 9.17) is 23.8 Å². The molecule has 1 unspecified atom stereocenters. The summed E-state index contributed by atoms with van der Waals surface area (Å²) >= 11 is 0. The molecule has 2 aliphatic carbocycles. The summed E-state index contributed by atoms with van der Waals surface area (Å²) in [5, 5.41) is 12.0. The molecule has 1 heterocycles. The quantitative estimate of drug-likeness (QED) is 0.228. The molecular formula is C30H35NO7. The molecule has 0 aromatic heterocycles. The first-order valence-electron chi connectivity index (χ1n) is 13.5. The van der Waals surface area contributed by atoms with Gasteiger partial charge in [-0.15, -0.1) is 0 Å². The molecule has 38 heavy (non-hydrogen) atoms. The molecule has 0 radical (unpaired) electrons. The largest absolute Gasteiger partial charge is 0.484 e. The highest BCUT2D eigenvalue weighted by molar-refractivity contribution is 5.99. The van der Waals surface area contributed by atoms with Crippen LogP contribution in [0.15, 0.2) is 36.4 Å². The van der Waals surface area contributed by atoms with Crippen LogP contribution >= 0.6 is 0 Å². The number of aryl methyl sites for hydroxylation is 1. The Kier molecular flexibility index (Phi) is 9.82. The minimum Gasteiger partial charge on any atom is -0.484 e. The number of benzene rings is 2. The van der Waals surface area contributed by atoms with Crippen molar-refractivity contribution >= 4 is 23.0 Å². The van der Waals surface area contributed by atoms with Gasteiger partial charge in [-0.2, -0.15) is 9.59 Å². The molecule has 0 bridgehead atoms. The second-order valence-corrected chi connectivity index (χ2v) is 10.1. The standard InChI is InChI=1S/C29H35NO5.CO2/c1-20-13-14-23-22(18-20)19-25(28(23)21-8-3-2-4-9-21)24-10-7-11-26(30(31)32)29(24)35-17-16-34-27-12-5-6-15-33-27;2-1-3/h7,10-11,13-14,18,21,27H,2-6,8-9,12,15-17,19H2,1H3;. The summed E-state index contributed by atoms with van der Waals surface area (Å²) < 4.78 is 17.6. The van der Waals surface area contributed by atoms with Gasteiger partial charge < -0.3 is 14.2 Å². The van der Waals surface area contributed by atoms with E-state index in [1.165, 1.54) is 66.0 Å². The van der Waals surface area contributed by atoms with Crippen LogP contribution in [0.3, 0.4) is 0 Å². The Balaban J connectivity index is 0.00000107. The van der Waals surface area contributed by atoms with E-state index in [1.807, 2.05) is 6.07 Å². The predicted octanol–water partition coefficient (Wildman–Crippen LogP) is 6.29. The summed E-state index contributed by atoms with van der Waals surface area (Å²) in [4.78, 5) is 27.9. The van der Waals surface area contributed by atoms with Gasteiger partial charge in [0.15, 0.2) is 6.29 Å². The summed E-state index contributed by atoms with van der Waals surface area (Å²) in [5.74, 6) is 0.847. The average molecular weight is 522 g/mol. The smallest absolute Gasteiger partial charge is 0.373 e. The lowest BCUT2D eigenvalue weighted by atomic mass is 9.79. The van der Waals surface area contributed by atoms with Gasteiger partial charge in [-0.05, 0) is 73.6 Å². The van der Waals surface area contributed by atoms with Gasteiger partial charge in [0.1, 0.15) is 6.61 Å². The van der Waals surface area contributed by atoms with Gasteiger partial charge in [-0.3, -0.25) is 10.1 Å². The van der Waals surface area contributed by atoms with Crippen molar-refractivity contribution in [2.75, 3.05) is 19.8 Å². The fourth-order valence-corrected chi connectivity index (χ4v) is 5.90. The first-order valence-corrected chi connectivity index (χ1v) is 13.5. The van der Waals surface area contributed by atoms with Crippen LogP contribution in [-0.2, 0) is 25.5 Å². The molecule has 8 heteroatoms. The number of para-hydroxylation sites is 1. The minimum atomic E-state index is -0.336. The Hall–Kier alpha value is -3.32. The van der Waals surface area contributed by atoms with E-state index >= 15 is 0 Å². The Bertz CT molecular complexity index is 1190. The molecular weight excluding hydrogens is 486 g/mol. The third kappa shape index (κ3) is 6.57. The maximum atomic E-state index is 12.0. The second kappa shape index (κ2) is 13.5. The predicted molar refractivity (Wildman–Crippen MR) is 141 cm³/mol. The number of nitro benzene ring substituents is 1. The van der Waals surface area contributed by atoms with E-state index in [-0.39, 0.29) is 29.7 Å². The van der Waals surface area contributed by atoms with Crippen molar-refractivity contribution in [3.05, 3.63) is 68.8 Å². The molecule has 1 atom stereocenters. The third-order valence-corrected chi connectivity index (χ3v) is 7.54. The van der Waals surface area contributed by atoms with E-state index in [0.29, 0.717) is 18.3 Å². The highest BCUT2D eigenvalue weighted by Gasteiger charge is 2.32. The monoisotopic (exact) mass is 521 g/mol. The van der Waals surface area contributed by atoms with Crippen LogP contribution < -0.4 is 4.74 Å². The number of nitrogens with zero attached hydrogens (tertiary/aromatic N) is 1. The fraction of sp³-hybridized carbons (Fsp3) is 0.500. The number of nitro groups is 1. The zero-order chi connectivity index (χ0) is 26.9. The van der Waals surface area contributed by atoms with E-state index < -0.39 is 0 Å². The lowest BCUT2D eigenvalue weighted by molar-refractivity contribution is -0.385. The molecule has 1 saturated heterocycles. The topological polar surface area (TPSA) is 105 Å². The second-order valence-electron chi connectivity index (χ2n) is 10.1. The van der Waals surface area contributed by atoms with E-state index in [0.717, 1.165) is 37.9 Å². The van der Waals surface area contributed by atoms with Gasteiger partial charge in [0.25, 0.3) is 0 Å². The molecule has 1 saturated carbocycles. The molecule has 2 aromatic carbocycles. The Morgan fingerprint density at radius 1 is 1.00 bits per heavy atom. The van der Waals surface area contributed by atoms with Crippen molar-refractivity contribution in [2.24, 2.45) is 5.92 Å². The van der Waals surface area contributed by atoms with Crippen LogP contribution in [0, 0.1) is 23.0 Å². The summed E-state index contributed by atoms with van der Waals surface area (Å²) in [7, 11) is 0. The molecule has 0 N–H and O–H groups in total. The molecule has 202 valence electrons. The number of carbonyl (C=O) groups excluding carboxylic acids is 2. The maximum Gasteiger partial charge on any atom is 0.373 e. The van der Waals surface area contributed by atoms with Crippen LogP contribution in [-0.4, -0.2) is 37.2 Å². The lowest BCUT2D eigenvalue weighted by Gasteiger charge is -2.26. The van der Waals surface area contributed by atoms with Crippen molar-refractivity contribution in [1.29, 1.82) is 0 Å². The summed E-state index contributed by atoms with van der Waals surface area (Å²) in [5.41, 5.74) is 7.29. The van der Waals surface area contributed by atoms with Crippen LogP contribution in [0.1, 0.15) is 73.6 Å². The van der Waals surface area contributed by atoms with Crippen LogP contribution in [0.25, 0.3) is 11.1 Å². The number of hydrogen-bond acceptors (Lipinski definition) is 7. The Morgan fingerprint density at radius 3 is 2.47 bits per heavy atom. The number of fused-ring (bicyclic) bond motifs is 1. The lowest BCUT2D eigenvalue weighted by Crippen LogP contribution is -2.24. The Morgan fingerprint density at radius 2 is 1.76 bits per heavy atom. The molecule has 0 spiro atoms. The number of allylic oxidation sites excluding steroid dienone is 2. The normalized spacial score (nSPS) is 19.2. The number of rotatable bonds is 8. The fourth-order valence-electron chi connectivity index (χ4n) is 5.90. The Labute approximate surface area is 223 Å². The summed E-state index contributed by atoms with van der Waals surface area (Å²) in [6.45, 7) is 3.42. The maximum absolute atomic E-state index is 12.0. The SMILES string of the molecule is Cc1ccc2c(c1)CC(c1cccc([N+](=O)[O-])c1OCCOC1CCCCO1)=C2C1CCCCC1.O=C=O. The van der Waals surface area contributed by atoms with Crippen molar-refractivity contribution < 1.29 is 28.7 Å². The number of hydrogen-bond donors (Lipinski definition) is 0. The first-order chi connectivity index (χ1) is 18.5. The van der Waals surface area contributed by atoms with Crippen LogP contribution in [0.2, 0.25) is 0 Å². The zero-order valence-electron chi connectivity index (χ0n) is 21.9. The van der Waals surface area contributed by atoms with Gasteiger partial charge in [0, 0.05) is 18.2 Å². The van der Waals surface area contributed by atoms with Gasteiger partial charge in [0.05, 0.1) is 11.5 Å². The zero-order valence-corrected chi connectivity index (χ0v) is 21.9. The highest BCUT2D eigenvalue weighted by atomic mass is 16.7. The molecule has 3 aliphatic rings. The van der Waals surface area contributed by atoms with Gasteiger partial charge in [-0.25, -0.2) is 0 Å². The molecule has 8 nitrogen and oxygen atoms in total. The van der Waals surface area contributed by atoms with E-state index in [1.54, 1.807) is 6.07 Å². The first kappa shape index (κ1) is 27.7. The van der Waals surface area contributed by atoms with Gasteiger partial charge in [-0.1, -0.05) is 55.2 Å². The molecule has 2 fully saturated rings. The van der Waals surface area contributed by atoms with Crippen molar-refractivity contribution in [3.8, 4) is 5.75 Å². The van der Waals surface area contributed by atoms with Crippen LogP contribution in [0.4, 0.5) is 5.69 Å². The number of ether oxygens (including phenoxy) is 3. The van der Waals surface area contributed by atoms with E-state index in [9.17, 15) is 10.1 Å². The average Bonchev–Trinajstić information content (AvgIpc) is 3.31. The van der Waals surface area contributed by atoms with Crippen molar-refractivity contribution in [3.63, 3.8) is 0 Å². The molecule has 2 aromatic rings. The van der Waals surface area contributed by atoms with Crippen molar-refractivity contribution in [1.82, 2.24) is 0 Å². The summed E-state index contributed by atoms with van der Waals surface area (Å²) in [6.07, 6.45) is 9.98. The van der Waals surface area contributed by atoms with Crippen LogP contribution in [0.5, 0.6) is 5.75 Å². The minimum absolute atomic E-state index is 0.0130. The summed E-state index contributed by atoms with van der Waals surface area (Å²) in [6, 6.07) is 12.0. The molecule has 5 rings (SSSR count). The van der Waals surface area contributed by atoms with Crippen molar-refractivity contribution in [2.45, 2.75) is 71.0 Å². The molecule has 1 aliphatic heterocycles. The highest BCUT2D eigenvalue weighted by Crippen LogP contribution is 2.49. The van der Waals surface area contributed by atoms with E-state index in [2.05, 4.69) is 25.1 Å². The van der Waals surface area contributed by atoms with Gasteiger partial charge >= 0.3 is 11.8 Å². The third-order valence-electron chi connectivity index (χ3n) is 7.54.